The van der Waals surface area contributed by atoms with E-state index < -0.39 is 0 Å². The van der Waals surface area contributed by atoms with E-state index in [0.29, 0.717) is 11.0 Å². The highest BCUT2D eigenvalue weighted by atomic mass is 35.5. The monoisotopic (exact) mass is 254 g/mol. The maximum Gasteiger partial charge on any atom is 0.231 e. The number of piperidine rings is 1. The third-order valence-electron chi connectivity index (χ3n) is 3.13. The lowest BCUT2D eigenvalue weighted by Gasteiger charge is -2.32. The molecule has 2 heterocycles. The molecule has 1 aliphatic rings. The number of anilines is 1. The standard InChI is InChI=1S/C11H15ClN4O/c1-11(4-6-13-7-5-11)10(17)14-9-3-2-8(12)15-16-9/h2-3,13H,4-7H2,1H3,(H,14,16,17). The van der Waals surface area contributed by atoms with E-state index in [9.17, 15) is 4.79 Å². The molecule has 1 saturated heterocycles. The summed E-state index contributed by atoms with van der Waals surface area (Å²) in [6.45, 7) is 3.72. The van der Waals surface area contributed by atoms with E-state index in [2.05, 4.69) is 20.8 Å². The molecule has 1 aromatic heterocycles. The van der Waals surface area contributed by atoms with Crippen LogP contribution in [0.15, 0.2) is 12.1 Å². The van der Waals surface area contributed by atoms with Gasteiger partial charge < -0.3 is 10.6 Å². The van der Waals surface area contributed by atoms with Crippen molar-refractivity contribution in [1.82, 2.24) is 15.5 Å². The Morgan fingerprint density at radius 3 is 2.71 bits per heavy atom. The first kappa shape index (κ1) is 12.3. The van der Waals surface area contributed by atoms with E-state index in [1.165, 1.54) is 0 Å². The van der Waals surface area contributed by atoms with Crippen LogP contribution in [0.5, 0.6) is 0 Å². The highest BCUT2D eigenvalue weighted by Crippen LogP contribution is 2.29. The number of aromatic nitrogens is 2. The van der Waals surface area contributed by atoms with Gasteiger partial charge in [0, 0.05) is 5.41 Å². The van der Waals surface area contributed by atoms with Gasteiger partial charge in [0.05, 0.1) is 0 Å². The molecule has 6 heteroatoms. The van der Waals surface area contributed by atoms with Gasteiger partial charge in [-0.05, 0) is 38.1 Å². The van der Waals surface area contributed by atoms with Gasteiger partial charge in [-0.3, -0.25) is 4.79 Å². The lowest BCUT2D eigenvalue weighted by molar-refractivity contribution is -0.126. The molecule has 0 spiro atoms. The van der Waals surface area contributed by atoms with Crippen molar-refractivity contribution in [2.45, 2.75) is 19.8 Å². The van der Waals surface area contributed by atoms with Crippen LogP contribution in [-0.4, -0.2) is 29.2 Å². The second-order valence-corrected chi connectivity index (χ2v) is 4.89. The third-order valence-corrected chi connectivity index (χ3v) is 3.33. The van der Waals surface area contributed by atoms with Crippen LogP contribution in [0, 0.1) is 5.41 Å². The van der Waals surface area contributed by atoms with Crippen LogP contribution in [0.25, 0.3) is 0 Å². The topological polar surface area (TPSA) is 66.9 Å². The third kappa shape index (κ3) is 2.92. The maximum absolute atomic E-state index is 12.1. The molecule has 2 N–H and O–H groups in total. The molecule has 1 aromatic rings. The van der Waals surface area contributed by atoms with Crippen molar-refractivity contribution < 1.29 is 4.79 Å². The summed E-state index contributed by atoms with van der Waals surface area (Å²) in [4.78, 5) is 12.1. The zero-order valence-corrected chi connectivity index (χ0v) is 10.4. The molecular weight excluding hydrogens is 240 g/mol. The fourth-order valence-electron chi connectivity index (χ4n) is 1.86. The summed E-state index contributed by atoms with van der Waals surface area (Å²) >= 11 is 5.63. The van der Waals surface area contributed by atoms with Gasteiger partial charge in [-0.1, -0.05) is 18.5 Å². The highest BCUT2D eigenvalue weighted by molar-refractivity contribution is 6.29. The summed E-state index contributed by atoms with van der Waals surface area (Å²) in [5.74, 6) is 0.440. The first-order chi connectivity index (χ1) is 8.10. The van der Waals surface area contributed by atoms with Crippen molar-refractivity contribution in [2.75, 3.05) is 18.4 Å². The van der Waals surface area contributed by atoms with E-state index in [-0.39, 0.29) is 11.3 Å². The SMILES string of the molecule is CC1(C(=O)Nc2ccc(Cl)nn2)CCNCC1. The van der Waals surface area contributed by atoms with Crippen molar-refractivity contribution >= 4 is 23.3 Å². The molecule has 0 aliphatic carbocycles. The summed E-state index contributed by atoms with van der Waals surface area (Å²) in [6.07, 6.45) is 1.67. The zero-order chi connectivity index (χ0) is 12.3. The summed E-state index contributed by atoms with van der Waals surface area (Å²) in [5.41, 5.74) is -0.327. The Balaban J connectivity index is 2.03. The lowest BCUT2D eigenvalue weighted by Crippen LogP contribution is -2.43. The molecule has 1 fully saturated rings. The molecule has 1 amide bonds. The van der Waals surface area contributed by atoms with E-state index >= 15 is 0 Å². The predicted molar refractivity (Wildman–Crippen MR) is 65.9 cm³/mol. The van der Waals surface area contributed by atoms with Crippen LogP contribution in [0.1, 0.15) is 19.8 Å². The molecule has 0 bridgehead atoms. The predicted octanol–water partition coefficient (Wildman–Crippen LogP) is 1.46. The minimum absolute atomic E-state index is 0.00405. The minimum Gasteiger partial charge on any atom is -0.317 e. The quantitative estimate of drug-likeness (QED) is 0.839. The largest absolute Gasteiger partial charge is 0.317 e. The first-order valence-corrected chi connectivity index (χ1v) is 5.99. The summed E-state index contributed by atoms with van der Waals surface area (Å²) in [7, 11) is 0. The Morgan fingerprint density at radius 1 is 1.41 bits per heavy atom. The number of halogens is 1. The van der Waals surface area contributed by atoms with E-state index in [1.807, 2.05) is 6.92 Å². The van der Waals surface area contributed by atoms with Gasteiger partial charge in [0.1, 0.15) is 0 Å². The Kier molecular flexibility index (Phi) is 3.59. The van der Waals surface area contributed by atoms with Gasteiger partial charge in [0.25, 0.3) is 0 Å². The number of hydrogen-bond donors (Lipinski definition) is 2. The smallest absolute Gasteiger partial charge is 0.231 e. The number of nitrogens with one attached hydrogen (secondary N) is 2. The molecule has 92 valence electrons. The summed E-state index contributed by atoms with van der Waals surface area (Å²) in [6, 6.07) is 3.26. The molecule has 1 aliphatic heterocycles. The van der Waals surface area contributed by atoms with Crippen LogP contribution in [-0.2, 0) is 4.79 Å². The van der Waals surface area contributed by atoms with Crippen LogP contribution in [0.4, 0.5) is 5.82 Å². The van der Waals surface area contributed by atoms with E-state index in [4.69, 9.17) is 11.6 Å². The average Bonchev–Trinajstić information content (AvgIpc) is 2.33. The van der Waals surface area contributed by atoms with Crippen LogP contribution in [0.3, 0.4) is 0 Å². The van der Waals surface area contributed by atoms with E-state index in [1.54, 1.807) is 12.1 Å². The first-order valence-electron chi connectivity index (χ1n) is 5.62. The molecule has 0 aromatic carbocycles. The Labute approximate surface area is 105 Å². The molecule has 0 saturated carbocycles. The molecular formula is C11H15ClN4O. The number of carbonyl (C=O) groups excluding carboxylic acids is 1. The number of nitrogens with zero attached hydrogens (tertiary/aromatic N) is 2. The fourth-order valence-corrected chi connectivity index (χ4v) is 1.96. The van der Waals surface area contributed by atoms with Gasteiger partial charge in [0.15, 0.2) is 11.0 Å². The number of rotatable bonds is 2. The van der Waals surface area contributed by atoms with Crippen molar-refractivity contribution in [3.63, 3.8) is 0 Å². The van der Waals surface area contributed by atoms with Crippen molar-refractivity contribution in [2.24, 2.45) is 5.41 Å². The number of hydrogen-bond acceptors (Lipinski definition) is 4. The Morgan fingerprint density at radius 2 is 2.12 bits per heavy atom. The molecule has 17 heavy (non-hydrogen) atoms. The zero-order valence-electron chi connectivity index (χ0n) is 9.66. The van der Waals surface area contributed by atoms with Crippen molar-refractivity contribution in [1.29, 1.82) is 0 Å². The molecule has 5 nitrogen and oxygen atoms in total. The fraction of sp³-hybridized carbons (Fsp3) is 0.545. The van der Waals surface area contributed by atoms with Gasteiger partial charge in [-0.15, -0.1) is 10.2 Å². The molecule has 0 radical (unpaired) electrons. The van der Waals surface area contributed by atoms with Crippen LogP contribution < -0.4 is 10.6 Å². The average molecular weight is 255 g/mol. The number of amides is 1. The molecule has 0 atom stereocenters. The Bertz CT molecular complexity index is 400. The molecule has 2 rings (SSSR count). The van der Waals surface area contributed by atoms with Gasteiger partial charge >= 0.3 is 0 Å². The van der Waals surface area contributed by atoms with Crippen LogP contribution in [0.2, 0.25) is 5.15 Å². The summed E-state index contributed by atoms with van der Waals surface area (Å²) < 4.78 is 0. The number of carbonyl (C=O) groups is 1. The van der Waals surface area contributed by atoms with Gasteiger partial charge in [-0.2, -0.15) is 0 Å². The lowest BCUT2D eigenvalue weighted by atomic mass is 9.80. The Hall–Kier alpha value is -1.20. The van der Waals surface area contributed by atoms with Crippen LogP contribution >= 0.6 is 11.6 Å². The van der Waals surface area contributed by atoms with Gasteiger partial charge in [0.2, 0.25) is 5.91 Å². The minimum atomic E-state index is -0.327. The second-order valence-electron chi connectivity index (χ2n) is 4.51. The normalized spacial score (nSPS) is 18.7. The maximum atomic E-state index is 12.1. The highest BCUT2D eigenvalue weighted by Gasteiger charge is 2.34. The summed E-state index contributed by atoms with van der Waals surface area (Å²) in [5, 5.41) is 13.8. The van der Waals surface area contributed by atoms with Crippen molar-refractivity contribution in [3.05, 3.63) is 17.3 Å². The second kappa shape index (κ2) is 4.98. The van der Waals surface area contributed by atoms with Crippen molar-refractivity contribution in [3.8, 4) is 0 Å². The van der Waals surface area contributed by atoms with E-state index in [0.717, 1.165) is 25.9 Å². The molecule has 0 unspecified atom stereocenters. The van der Waals surface area contributed by atoms with Gasteiger partial charge in [-0.25, -0.2) is 0 Å².